The summed E-state index contributed by atoms with van der Waals surface area (Å²) < 4.78 is 0. The molecule has 0 saturated carbocycles. The van der Waals surface area contributed by atoms with E-state index in [9.17, 15) is 4.79 Å². The minimum atomic E-state index is 0.262. The molecule has 0 radical (unpaired) electrons. The van der Waals surface area contributed by atoms with E-state index < -0.39 is 0 Å². The van der Waals surface area contributed by atoms with Crippen molar-refractivity contribution < 1.29 is 4.79 Å². The van der Waals surface area contributed by atoms with Crippen LogP contribution in [0.2, 0.25) is 0 Å². The quantitative estimate of drug-likeness (QED) is 0.843. The van der Waals surface area contributed by atoms with E-state index in [4.69, 9.17) is 0 Å². The number of anilines is 1. The van der Waals surface area contributed by atoms with Crippen LogP contribution in [-0.4, -0.2) is 60.5 Å². The maximum atomic E-state index is 12.1. The Morgan fingerprint density at radius 3 is 2.91 bits per heavy atom. The zero-order chi connectivity index (χ0) is 15.4. The monoisotopic (exact) mass is 319 g/mol. The van der Waals surface area contributed by atoms with Crippen molar-refractivity contribution in [1.29, 1.82) is 0 Å². The Labute approximate surface area is 134 Å². The van der Waals surface area contributed by atoms with E-state index in [0.717, 1.165) is 55.2 Å². The summed E-state index contributed by atoms with van der Waals surface area (Å²) in [5, 5.41) is 6.24. The van der Waals surface area contributed by atoms with Crippen molar-refractivity contribution >= 4 is 33.3 Å². The van der Waals surface area contributed by atoms with Crippen LogP contribution < -0.4 is 10.2 Å². The van der Waals surface area contributed by atoms with Gasteiger partial charge >= 0.3 is 0 Å². The molecule has 1 saturated heterocycles. The van der Waals surface area contributed by atoms with Crippen LogP contribution in [0.5, 0.6) is 0 Å². The second-order valence-electron chi connectivity index (χ2n) is 5.41. The van der Waals surface area contributed by atoms with Gasteiger partial charge in [-0.1, -0.05) is 0 Å². The summed E-state index contributed by atoms with van der Waals surface area (Å²) in [5.74, 6) is 1.26. The van der Waals surface area contributed by atoms with Crippen LogP contribution in [-0.2, 0) is 4.79 Å². The third kappa shape index (κ3) is 3.20. The van der Waals surface area contributed by atoms with Crippen LogP contribution >= 0.6 is 11.3 Å². The SMILES string of the molecule is CNCCCC(=O)N1CCN(c2ncnc3sccc23)CC1. The average molecular weight is 319 g/mol. The topological polar surface area (TPSA) is 61.4 Å². The molecule has 1 aliphatic rings. The molecule has 22 heavy (non-hydrogen) atoms. The fourth-order valence-electron chi connectivity index (χ4n) is 2.77. The van der Waals surface area contributed by atoms with E-state index in [2.05, 4.69) is 26.3 Å². The lowest BCUT2D eigenvalue weighted by atomic mass is 10.2. The van der Waals surface area contributed by atoms with E-state index in [-0.39, 0.29) is 5.91 Å². The summed E-state index contributed by atoms with van der Waals surface area (Å²) in [5.41, 5.74) is 0. The maximum absolute atomic E-state index is 12.1. The van der Waals surface area contributed by atoms with Crippen molar-refractivity contribution in [2.45, 2.75) is 12.8 Å². The van der Waals surface area contributed by atoms with Gasteiger partial charge in [0.2, 0.25) is 5.91 Å². The molecule has 118 valence electrons. The molecule has 2 aromatic rings. The number of thiophene rings is 1. The Hall–Kier alpha value is -1.73. The summed E-state index contributed by atoms with van der Waals surface area (Å²) in [7, 11) is 1.91. The fourth-order valence-corrected chi connectivity index (χ4v) is 3.50. The van der Waals surface area contributed by atoms with Crippen LogP contribution in [0.15, 0.2) is 17.8 Å². The van der Waals surface area contributed by atoms with Crippen LogP contribution in [0.3, 0.4) is 0 Å². The Morgan fingerprint density at radius 1 is 1.32 bits per heavy atom. The van der Waals surface area contributed by atoms with E-state index in [1.807, 2.05) is 17.3 Å². The van der Waals surface area contributed by atoms with Gasteiger partial charge in [-0.15, -0.1) is 11.3 Å². The van der Waals surface area contributed by atoms with E-state index >= 15 is 0 Å². The van der Waals surface area contributed by atoms with Crippen molar-refractivity contribution in [1.82, 2.24) is 20.2 Å². The number of carbonyl (C=O) groups is 1. The number of piperazine rings is 1. The molecule has 6 nitrogen and oxygen atoms in total. The van der Waals surface area contributed by atoms with Crippen LogP contribution in [0, 0.1) is 0 Å². The number of nitrogens with zero attached hydrogens (tertiary/aromatic N) is 4. The molecular formula is C15H21N5OS. The van der Waals surface area contributed by atoms with Crippen molar-refractivity contribution in [3.63, 3.8) is 0 Å². The molecule has 0 unspecified atom stereocenters. The van der Waals surface area contributed by atoms with Gasteiger partial charge in [0.25, 0.3) is 0 Å². The largest absolute Gasteiger partial charge is 0.352 e. The van der Waals surface area contributed by atoms with Crippen molar-refractivity contribution in [3.8, 4) is 0 Å². The average Bonchev–Trinajstić information content (AvgIpc) is 3.04. The lowest BCUT2D eigenvalue weighted by Crippen LogP contribution is -2.49. The second-order valence-corrected chi connectivity index (χ2v) is 6.31. The molecule has 1 N–H and O–H groups in total. The molecule has 1 aliphatic heterocycles. The van der Waals surface area contributed by atoms with Gasteiger partial charge in [0.1, 0.15) is 17.0 Å². The Bertz CT molecular complexity index is 636. The molecule has 3 heterocycles. The van der Waals surface area contributed by atoms with Gasteiger partial charge in [0.05, 0.1) is 5.39 Å². The number of amides is 1. The molecule has 3 rings (SSSR count). The molecule has 1 amide bonds. The highest BCUT2D eigenvalue weighted by Crippen LogP contribution is 2.27. The normalized spacial score (nSPS) is 15.5. The molecule has 0 bridgehead atoms. The minimum absolute atomic E-state index is 0.262. The standard InChI is InChI=1S/C15H21N5OS/c1-16-5-2-3-13(21)19-6-8-20(9-7-19)14-12-4-10-22-15(12)18-11-17-14/h4,10-11,16H,2-3,5-9H2,1H3. The first kappa shape index (κ1) is 15.2. The number of hydrogen-bond donors (Lipinski definition) is 1. The summed E-state index contributed by atoms with van der Waals surface area (Å²) >= 11 is 1.63. The van der Waals surface area contributed by atoms with Gasteiger partial charge in [0.15, 0.2) is 0 Å². The summed E-state index contributed by atoms with van der Waals surface area (Å²) in [6.45, 7) is 4.10. The fraction of sp³-hybridized carbons (Fsp3) is 0.533. The highest BCUT2D eigenvalue weighted by Gasteiger charge is 2.22. The summed E-state index contributed by atoms with van der Waals surface area (Å²) in [6.07, 6.45) is 3.16. The van der Waals surface area contributed by atoms with Crippen molar-refractivity contribution in [2.24, 2.45) is 0 Å². The molecule has 2 aromatic heterocycles. The third-order valence-electron chi connectivity index (χ3n) is 3.99. The molecule has 0 spiro atoms. The highest BCUT2D eigenvalue weighted by atomic mass is 32.1. The number of aromatic nitrogens is 2. The van der Waals surface area contributed by atoms with Gasteiger partial charge < -0.3 is 15.1 Å². The van der Waals surface area contributed by atoms with E-state index in [1.54, 1.807) is 17.7 Å². The molecule has 7 heteroatoms. The Balaban J connectivity index is 1.60. The number of hydrogen-bond acceptors (Lipinski definition) is 6. The molecule has 0 aromatic carbocycles. The maximum Gasteiger partial charge on any atom is 0.222 e. The smallest absolute Gasteiger partial charge is 0.222 e. The predicted octanol–water partition coefficient (Wildman–Crippen LogP) is 1.34. The van der Waals surface area contributed by atoms with Crippen LogP contribution in [0.1, 0.15) is 12.8 Å². The first-order valence-electron chi connectivity index (χ1n) is 7.65. The summed E-state index contributed by atoms with van der Waals surface area (Å²) in [6, 6.07) is 2.07. The molecule has 1 fully saturated rings. The predicted molar refractivity (Wildman–Crippen MR) is 89.4 cm³/mol. The van der Waals surface area contributed by atoms with Gasteiger partial charge in [-0.05, 0) is 31.5 Å². The molecular weight excluding hydrogens is 298 g/mol. The van der Waals surface area contributed by atoms with Gasteiger partial charge in [-0.2, -0.15) is 0 Å². The van der Waals surface area contributed by atoms with E-state index in [1.165, 1.54) is 0 Å². The summed E-state index contributed by atoms with van der Waals surface area (Å²) in [4.78, 5) is 26.1. The van der Waals surface area contributed by atoms with Crippen molar-refractivity contribution in [2.75, 3.05) is 44.7 Å². The number of fused-ring (bicyclic) bond motifs is 1. The highest BCUT2D eigenvalue weighted by molar-refractivity contribution is 7.16. The van der Waals surface area contributed by atoms with Crippen molar-refractivity contribution in [3.05, 3.63) is 17.8 Å². The minimum Gasteiger partial charge on any atom is -0.352 e. The second kappa shape index (κ2) is 7.02. The number of nitrogens with one attached hydrogen (secondary N) is 1. The number of carbonyl (C=O) groups excluding carboxylic acids is 1. The van der Waals surface area contributed by atoms with Gasteiger partial charge in [-0.3, -0.25) is 4.79 Å². The Kier molecular flexibility index (Phi) is 4.84. The lowest BCUT2D eigenvalue weighted by Gasteiger charge is -2.35. The van der Waals surface area contributed by atoms with Gasteiger partial charge in [0, 0.05) is 32.6 Å². The van der Waals surface area contributed by atoms with Crippen LogP contribution in [0.4, 0.5) is 5.82 Å². The zero-order valence-corrected chi connectivity index (χ0v) is 13.6. The third-order valence-corrected chi connectivity index (χ3v) is 4.81. The Morgan fingerprint density at radius 2 is 2.14 bits per heavy atom. The zero-order valence-electron chi connectivity index (χ0n) is 12.8. The van der Waals surface area contributed by atoms with E-state index in [0.29, 0.717) is 6.42 Å². The number of rotatable bonds is 5. The van der Waals surface area contributed by atoms with Gasteiger partial charge in [-0.25, -0.2) is 9.97 Å². The first-order valence-corrected chi connectivity index (χ1v) is 8.53. The molecule has 0 atom stereocenters. The lowest BCUT2D eigenvalue weighted by molar-refractivity contribution is -0.131. The molecule has 0 aliphatic carbocycles. The first-order chi connectivity index (χ1) is 10.8. The van der Waals surface area contributed by atoms with Crippen LogP contribution in [0.25, 0.3) is 10.2 Å².